The van der Waals surface area contributed by atoms with E-state index < -0.39 is 5.54 Å². The van der Waals surface area contributed by atoms with E-state index in [0.717, 1.165) is 50.4 Å². The number of nitrogens with two attached hydrogens (primary N) is 1. The lowest BCUT2D eigenvalue weighted by Gasteiger charge is -2.26. The number of ether oxygens (including phenoxy) is 1. The SMILES string of the molecule is CCC[C@@](N)(CO)CCc1ccc(OCCCCCCCC(C)C)cc1. The van der Waals surface area contributed by atoms with Crippen molar-refractivity contribution in [3.8, 4) is 5.75 Å². The Kier molecular flexibility index (Phi) is 11.6. The molecule has 1 rings (SSSR count). The largest absolute Gasteiger partial charge is 0.494 e. The van der Waals surface area contributed by atoms with Crippen molar-refractivity contribution in [2.75, 3.05) is 13.2 Å². The standard InChI is InChI=1S/C23H41NO2/c1-4-16-23(24,19-25)17-15-21-11-13-22(14-12-21)26-18-9-7-5-6-8-10-20(2)3/h11-14,20,25H,4-10,15-19,24H2,1-3H3/t23-/m0/s1. The smallest absolute Gasteiger partial charge is 0.119 e. The lowest BCUT2D eigenvalue weighted by atomic mass is 9.89. The predicted molar refractivity (Wildman–Crippen MR) is 112 cm³/mol. The van der Waals surface area contributed by atoms with Gasteiger partial charge in [-0.3, -0.25) is 0 Å². The summed E-state index contributed by atoms with van der Waals surface area (Å²) in [6.07, 6.45) is 11.3. The van der Waals surface area contributed by atoms with E-state index in [1.54, 1.807) is 0 Å². The van der Waals surface area contributed by atoms with Crippen LogP contribution in [0.5, 0.6) is 5.75 Å². The van der Waals surface area contributed by atoms with Gasteiger partial charge in [-0.05, 0) is 49.3 Å². The van der Waals surface area contributed by atoms with E-state index >= 15 is 0 Å². The number of aliphatic hydroxyl groups is 1. The third kappa shape index (κ3) is 10.2. The highest BCUT2D eigenvalue weighted by Gasteiger charge is 2.22. The zero-order chi connectivity index (χ0) is 19.3. The van der Waals surface area contributed by atoms with Crippen molar-refractivity contribution < 1.29 is 9.84 Å². The van der Waals surface area contributed by atoms with E-state index in [4.69, 9.17) is 10.5 Å². The lowest BCUT2D eigenvalue weighted by Crippen LogP contribution is -2.43. The Labute approximate surface area is 161 Å². The molecule has 0 unspecified atom stereocenters. The second-order valence-corrected chi connectivity index (χ2v) is 8.21. The lowest BCUT2D eigenvalue weighted by molar-refractivity contribution is 0.177. The average Bonchev–Trinajstić information content (AvgIpc) is 2.63. The van der Waals surface area contributed by atoms with Crippen molar-refractivity contribution in [1.29, 1.82) is 0 Å². The molecule has 0 aliphatic rings. The van der Waals surface area contributed by atoms with Crippen LogP contribution >= 0.6 is 0 Å². The average molecular weight is 364 g/mol. The van der Waals surface area contributed by atoms with Crippen molar-refractivity contribution in [2.24, 2.45) is 11.7 Å². The van der Waals surface area contributed by atoms with E-state index in [2.05, 4.69) is 45.0 Å². The predicted octanol–water partition coefficient (Wildman–Crippen LogP) is 5.48. The van der Waals surface area contributed by atoms with Gasteiger partial charge in [0.25, 0.3) is 0 Å². The summed E-state index contributed by atoms with van der Waals surface area (Å²) >= 11 is 0. The van der Waals surface area contributed by atoms with Crippen LogP contribution in [0.3, 0.4) is 0 Å². The highest BCUT2D eigenvalue weighted by atomic mass is 16.5. The molecule has 1 aromatic carbocycles. The number of rotatable bonds is 15. The normalized spacial score (nSPS) is 13.8. The summed E-state index contributed by atoms with van der Waals surface area (Å²) in [4.78, 5) is 0. The highest BCUT2D eigenvalue weighted by Crippen LogP contribution is 2.19. The van der Waals surface area contributed by atoms with Crippen LogP contribution in [-0.2, 0) is 6.42 Å². The molecule has 0 amide bonds. The first-order chi connectivity index (χ1) is 12.5. The number of hydrogen-bond acceptors (Lipinski definition) is 3. The molecular weight excluding hydrogens is 322 g/mol. The van der Waals surface area contributed by atoms with E-state index in [0.29, 0.717) is 0 Å². The molecule has 3 nitrogen and oxygen atoms in total. The van der Waals surface area contributed by atoms with Crippen molar-refractivity contribution in [1.82, 2.24) is 0 Å². The summed E-state index contributed by atoms with van der Waals surface area (Å²) in [6, 6.07) is 8.33. The van der Waals surface area contributed by atoms with Gasteiger partial charge in [0, 0.05) is 5.54 Å². The van der Waals surface area contributed by atoms with E-state index in [1.807, 2.05) is 0 Å². The molecule has 0 aliphatic carbocycles. The van der Waals surface area contributed by atoms with Crippen molar-refractivity contribution in [2.45, 2.75) is 90.5 Å². The Hall–Kier alpha value is -1.06. The summed E-state index contributed by atoms with van der Waals surface area (Å²) < 4.78 is 5.85. The first-order valence-electron chi connectivity index (χ1n) is 10.6. The van der Waals surface area contributed by atoms with Gasteiger partial charge >= 0.3 is 0 Å². The Morgan fingerprint density at radius 1 is 1.00 bits per heavy atom. The van der Waals surface area contributed by atoms with Crippen LogP contribution in [0.25, 0.3) is 0 Å². The molecular formula is C23H41NO2. The molecule has 0 fully saturated rings. The van der Waals surface area contributed by atoms with Gasteiger partial charge < -0.3 is 15.6 Å². The molecule has 3 N–H and O–H groups in total. The maximum absolute atomic E-state index is 9.51. The summed E-state index contributed by atoms with van der Waals surface area (Å²) in [5.41, 5.74) is 7.06. The van der Waals surface area contributed by atoms with Gasteiger partial charge in [-0.1, -0.05) is 71.4 Å². The molecule has 150 valence electrons. The molecule has 0 bridgehead atoms. The van der Waals surface area contributed by atoms with Crippen molar-refractivity contribution in [3.63, 3.8) is 0 Å². The molecule has 1 atom stereocenters. The first-order valence-corrected chi connectivity index (χ1v) is 10.6. The van der Waals surface area contributed by atoms with Gasteiger partial charge in [0.05, 0.1) is 13.2 Å². The summed E-state index contributed by atoms with van der Waals surface area (Å²) in [6.45, 7) is 7.55. The fourth-order valence-corrected chi connectivity index (χ4v) is 3.30. The van der Waals surface area contributed by atoms with Gasteiger partial charge in [-0.2, -0.15) is 0 Å². The number of aryl methyl sites for hydroxylation is 1. The monoisotopic (exact) mass is 363 g/mol. The van der Waals surface area contributed by atoms with Gasteiger partial charge in [0.2, 0.25) is 0 Å². The molecule has 1 aromatic rings. The van der Waals surface area contributed by atoms with Crippen LogP contribution in [0.2, 0.25) is 0 Å². The maximum Gasteiger partial charge on any atom is 0.119 e. The topological polar surface area (TPSA) is 55.5 Å². The van der Waals surface area contributed by atoms with Crippen LogP contribution in [0.15, 0.2) is 24.3 Å². The second kappa shape index (κ2) is 13.2. The van der Waals surface area contributed by atoms with Crippen LogP contribution in [0.1, 0.15) is 84.1 Å². The van der Waals surface area contributed by atoms with Crippen LogP contribution < -0.4 is 10.5 Å². The molecule has 0 spiro atoms. The molecule has 0 saturated carbocycles. The highest BCUT2D eigenvalue weighted by molar-refractivity contribution is 5.27. The molecule has 3 heteroatoms. The number of benzene rings is 1. The molecule has 0 aromatic heterocycles. The molecule has 0 saturated heterocycles. The van der Waals surface area contributed by atoms with Crippen LogP contribution in [-0.4, -0.2) is 23.9 Å². The third-order valence-electron chi connectivity index (χ3n) is 5.09. The van der Waals surface area contributed by atoms with E-state index in [-0.39, 0.29) is 6.61 Å². The molecule has 26 heavy (non-hydrogen) atoms. The van der Waals surface area contributed by atoms with E-state index in [9.17, 15) is 5.11 Å². The molecule has 0 radical (unpaired) electrons. The zero-order valence-electron chi connectivity index (χ0n) is 17.3. The van der Waals surface area contributed by atoms with E-state index in [1.165, 1.54) is 37.7 Å². The number of hydrogen-bond donors (Lipinski definition) is 2. The van der Waals surface area contributed by atoms with Crippen LogP contribution in [0.4, 0.5) is 0 Å². The Balaban J connectivity index is 2.18. The maximum atomic E-state index is 9.51. The van der Waals surface area contributed by atoms with Gasteiger partial charge in [-0.25, -0.2) is 0 Å². The number of aliphatic hydroxyl groups excluding tert-OH is 1. The zero-order valence-corrected chi connectivity index (χ0v) is 17.3. The van der Waals surface area contributed by atoms with Gasteiger partial charge in [0.1, 0.15) is 5.75 Å². The minimum absolute atomic E-state index is 0.0551. The summed E-state index contributed by atoms with van der Waals surface area (Å²) in [5.74, 6) is 1.78. The molecule has 0 aliphatic heterocycles. The molecule has 0 heterocycles. The van der Waals surface area contributed by atoms with Crippen molar-refractivity contribution >= 4 is 0 Å². The first kappa shape index (κ1) is 23.0. The van der Waals surface area contributed by atoms with Gasteiger partial charge in [0.15, 0.2) is 0 Å². The second-order valence-electron chi connectivity index (χ2n) is 8.21. The summed E-state index contributed by atoms with van der Waals surface area (Å²) in [7, 11) is 0. The fraction of sp³-hybridized carbons (Fsp3) is 0.739. The minimum Gasteiger partial charge on any atom is -0.494 e. The Bertz CT molecular complexity index is 458. The van der Waals surface area contributed by atoms with Crippen LogP contribution in [0, 0.1) is 5.92 Å². The Morgan fingerprint density at radius 2 is 1.65 bits per heavy atom. The Morgan fingerprint density at radius 3 is 2.27 bits per heavy atom. The minimum atomic E-state index is -0.445. The number of unbranched alkanes of at least 4 members (excludes halogenated alkanes) is 4. The van der Waals surface area contributed by atoms with Crippen molar-refractivity contribution in [3.05, 3.63) is 29.8 Å². The summed E-state index contributed by atoms with van der Waals surface area (Å²) in [5, 5.41) is 9.51. The fourth-order valence-electron chi connectivity index (χ4n) is 3.30. The van der Waals surface area contributed by atoms with Gasteiger partial charge in [-0.15, -0.1) is 0 Å². The quantitative estimate of drug-likeness (QED) is 0.405. The third-order valence-corrected chi connectivity index (χ3v) is 5.09.